The zero-order chi connectivity index (χ0) is 15.1. The van der Waals surface area contributed by atoms with Gasteiger partial charge in [0.25, 0.3) is 0 Å². The van der Waals surface area contributed by atoms with Crippen molar-refractivity contribution < 1.29 is 9.90 Å². The predicted molar refractivity (Wildman–Crippen MR) is 81.7 cm³/mol. The van der Waals surface area contributed by atoms with Crippen LogP contribution in [0.1, 0.15) is 25.5 Å². The van der Waals surface area contributed by atoms with Gasteiger partial charge in [0, 0.05) is 37.5 Å². The fourth-order valence-electron chi connectivity index (χ4n) is 2.72. The van der Waals surface area contributed by atoms with Crippen LogP contribution in [0.3, 0.4) is 0 Å². The molecule has 1 aliphatic heterocycles. The van der Waals surface area contributed by atoms with E-state index < -0.39 is 0 Å². The molecule has 0 saturated carbocycles. The number of aliphatic hydroxyl groups is 1. The van der Waals surface area contributed by atoms with E-state index in [4.69, 9.17) is 0 Å². The van der Waals surface area contributed by atoms with Crippen LogP contribution in [0, 0.1) is 11.3 Å². The molecule has 0 aliphatic carbocycles. The summed E-state index contributed by atoms with van der Waals surface area (Å²) in [5.74, 6) is 0.0816. The minimum atomic E-state index is -0.330. The fraction of sp³-hybridized carbons (Fsp3) is 0.625. The maximum absolute atomic E-state index is 12.3. The fourth-order valence-corrected chi connectivity index (χ4v) is 2.72. The summed E-state index contributed by atoms with van der Waals surface area (Å²) in [6.45, 7) is 4.25. The lowest BCUT2D eigenvalue weighted by Gasteiger charge is -2.33. The van der Waals surface area contributed by atoms with E-state index in [-0.39, 0.29) is 23.8 Å². The van der Waals surface area contributed by atoms with E-state index in [1.165, 1.54) is 0 Å². The molecule has 1 saturated heterocycles. The standard InChI is InChI=1S/C16H25N3O2/c1-16(6-4-7-17-12-16)15(21)19-10-13(11-20)9-14-5-2-3-8-18-14/h2-3,5,8,13,17,20H,4,6-7,9-12H2,1H3,(H,19,21). The van der Waals surface area contributed by atoms with Gasteiger partial charge in [-0.1, -0.05) is 6.07 Å². The van der Waals surface area contributed by atoms with Crippen LogP contribution in [0.5, 0.6) is 0 Å². The average Bonchev–Trinajstić information content (AvgIpc) is 2.52. The second-order valence-electron chi connectivity index (χ2n) is 6.12. The van der Waals surface area contributed by atoms with Crippen molar-refractivity contribution in [1.29, 1.82) is 0 Å². The molecule has 5 nitrogen and oxygen atoms in total. The lowest BCUT2D eigenvalue weighted by atomic mass is 9.82. The highest BCUT2D eigenvalue weighted by Crippen LogP contribution is 2.25. The summed E-state index contributed by atoms with van der Waals surface area (Å²) < 4.78 is 0. The van der Waals surface area contributed by atoms with Crippen molar-refractivity contribution in [1.82, 2.24) is 15.6 Å². The van der Waals surface area contributed by atoms with E-state index in [0.29, 0.717) is 13.0 Å². The number of hydrogen-bond donors (Lipinski definition) is 3. The van der Waals surface area contributed by atoms with Crippen molar-refractivity contribution in [3.8, 4) is 0 Å². The molecule has 0 radical (unpaired) electrons. The van der Waals surface area contributed by atoms with Gasteiger partial charge >= 0.3 is 0 Å². The van der Waals surface area contributed by atoms with Gasteiger partial charge in [-0.15, -0.1) is 0 Å². The van der Waals surface area contributed by atoms with Crippen LogP contribution in [0.4, 0.5) is 0 Å². The van der Waals surface area contributed by atoms with Gasteiger partial charge in [-0.3, -0.25) is 9.78 Å². The molecule has 5 heteroatoms. The molecule has 116 valence electrons. The summed E-state index contributed by atoms with van der Waals surface area (Å²) in [6, 6.07) is 5.75. The number of amides is 1. The molecule has 2 unspecified atom stereocenters. The molecule has 0 spiro atoms. The Bertz CT molecular complexity index is 444. The number of piperidine rings is 1. The van der Waals surface area contributed by atoms with Crippen LogP contribution in [0.25, 0.3) is 0 Å². The van der Waals surface area contributed by atoms with E-state index in [1.807, 2.05) is 25.1 Å². The summed E-state index contributed by atoms with van der Waals surface area (Å²) in [5, 5.41) is 15.8. The molecule has 1 fully saturated rings. The molecular formula is C16H25N3O2. The van der Waals surface area contributed by atoms with Crippen molar-refractivity contribution in [3.63, 3.8) is 0 Å². The lowest BCUT2D eigenvalue weighted by Crippen LogP contribution is -2.49. The molecule has 1 aromatic rings. The van der Waals surface area contributed by atoms with Crippen molar-refractivity contribution in [2.24, 2.45) is 11.3 Å². The Morgan fingerprint density at radius 3 is 3.05 bits per heavy atom. The van der Waals surface area contributed by atoms with Crippen molar-refractivity contribution in [3.05, 3.63) is 30.1 Å². The smallest absolute Gasteiger partial charge is 0.227 e. The Hall–Kier alpha value is -1.46. The Kier molecular flexibility index (Phi) is 5.70. The number of aromatic nitrogens is 1. The maximum Gasteiger partial charge on any atom is 0.227 e. The van der Waals surface area contributed by atoms with E-state index in [2.05, 4.69) is 15.6 Å². The normalized spacial score (nSPS) is 23.5. The predicted octanol–water partition coefficient (Wildman–Crippen LogP) is 0.738. The molecule has 1 aliphatic rings. The Morgan fingerprint density at radius 1 is 1.57 bits per heavy atom. The summed E-state index contributed by atoms with van der Waals surface area (Å²) in [4.78, 5) is 16.6. The summed E-state index contributed by atoms with van der Waals surface area (Å²) in [6.07, 6.45) is 4.36. The van der Waals surface area contributed by atoms with Gasteiger partial charge in [0.15, 0.2) is 0 Å². The first-order chi connectivity index (χ1) is 10.1. The first kappa shape index (κ1) is 15.9. The van der Waals surface area contributed by atoms with Crippen molar-refractivity contribution in [2.45, 2.75) is 26.2 Å². The molecule has 1 aromatic heterocycles. The number of nitrogens with one attached hydrogen (secondary N) is 2. The number of carbonyl (C=O) groups excluding carboxylic acids is 1. The van der Waals surface area contributed by atoms with Crippen LogP contribution in [-0.4, -0.2) is 42.2 Å². The summed E-state index contributed by atoms with van der Waals surface area (Å²) >= 11 is 0. The summed E-state index contributed by atoms with van der Waals surface area (Å²) in [5.41, 5.74) is 0.611. The molecule has 21 heavy (non-hydrogen) atoms. The van der Waals surface area contributed by atoms with E-state index in [1.54, 1.807) is 6.20 Å². The monoisotopic (exact) mass is 291 g/mol. The molecule has 0 bridgehead atoms. The summed E-state index contributed by atoms with van der Waals surface area (Å²) in [7, 11) is 0. The Morgan fingerprint density at radius 2 is 2.43 bits per heavy atom. The van der Waals surface area contributed by atoms with Gasteiger partial charge in [-0.25, -0.2) is 0 Å². The number of aliphatic hydroxyl groups excluding tert-OH is 1. The quantitative estimate of drug-likeness (QED) is 0.723. The largest absolute Gasteiger partial charge is 0.396 e. The van der Waals surface area contributed by atoms with Gasteiger partial charge in [0.1, 0.15) is 0 Å². The molecule has 2 rings (SSSR count). The van der Waals surface area contributed by atoms with Crippen LogP contribution in [-0.2, 0) is 11.2 Å². The second-order valence-corrected chi connectivity index (χ2v) is 6.12. The van der Waals surface area contributed by atoms with Crippen LogP contribution < -0.4 is 10.6 Å². The number of hydrogen-bond acceptors (Lipinski definition) is 4. The first-order valence-corrected chi connectivity index (χ1v) is 7.64. The van der Waals surface area contributed by atoms with Gasteiger partial charge < -0.3 is 15.7 Å². The third-order valence-electron chi connectivity index (χ3n) is 4.18. The third-order valence-corrected chi connectivity index (χ3v) is 4.18. The minimum absolute atomic E-state index is 0.00370. The van der Waals surface area contributed by atoms with E-state index >= 15 is 0 Å². The van der Waals surface area contributed by atoms with E-state index in [9.17, 15) is 9.90 Å². The molecule has 1 amide bonds. The number of nitrogens with zero attached hydrogens (tertiary/aromatic N) is 1. The number of carbonyl (C=O) groups is 1. The Balaban J connectivity index is 1.83. The second kappa shape index (κ2) is 7.52. The highest BCUT2D eigenvalue weighted by Gasteiger charge is 2.34. The lowest BCUT2D eigenvalue weighted by molar-refractivity contribution is -0.131. The average molecular weight is 291 g/mol. The van der Waals surface area contributed by atoms with E-state index in [0.717, 1.165) is 31.6 Å². The highest BCUT2D eigenvalue weighted by atomic mass is 16.3. The zero-order valence-corrected chi connectivity index (χ0v) is 12.6. The first-order valence-electron chi connectivity index (χ1n) is 7.64. The maximum atomic E-state index is 12.3. The SMILES string of the molecule is CC1(C(=O)NCC(CO)Cc2ccccn2)CCCNC1. The van der Waals surface area contributed by atoms with Crippen LogP contribution in [0.15, 0.2) is 24.4 Å². The third kappa shape index (κ3) is 4.51. The molecule has 2 heterocycles. The van der Waals surface area contributed by atoms with Gasteiger partial charge in [-0.2, -0.15) is 0 Å². The van der Waals surface area contributed by atoms with Crippen LogP contribution in [0.2, 0.25) is 0 Å². The molecular weight excluding hydrogens is 266 g/mol. The molecule has 0 aromatic carbocycles. The van der Waals surface area contributed by atoms with Crippen LogP contribution >= 0.6 is 0 Å². The molecule has 3 N–H and O–H groups in total. The van der Waals surface area contributed by atoms with Crippen molar-refractivity contribution >= 4 is 5.91 Å². The minimum Gasteiger partial charge on any atom is -0.396 e. The van der Waals surface area contributed by atoms with Gasteiger partial charge in [0.2, 0.25) is 5.91 Å². The molecule has 2 atom stereocenters. The highest BCUT2D eigenvalue weighted by molar-refractivity contribution is 5.82. The van der Waals surface area contributed by atoms with Crippen molar-refractivity contribution in [2.75, 3.05) is 26.2 Å². The van der Waals surface area contributed by atoms with Gasteiger partial charge in [-0.05, 0) is 44.9 Å². The topological polar surface area (TPSA) is 74.2 Å². The zero-order valence-electron chi connectivity index (χ0n) is 12.6. The Labute approximate surface area is 126 Å². The van der Waals surface area contributed by atoms with Gasteiger partial charge in [0.05, 0.1) is 5.41 Å². The number of rotatable bonds is 6. The number of pyridine rings is 1.